The zero-order chi connectivity index (χ0) is 21.1. The van der Waals surface area contributed by atoms with Crippen LogP contribution in [0, 0.1) is 30.9 Å². The molecule has 0 aliphatic heterocycles. The highest BCUT2D eigenvalue weighted by atomic mass is 16.6. The third kappa shape index (κ3) is 4.08. The van der Waals surface area contributed by atoms with Gasteiger partial charge in [-0.05, 0) is 56.7 Å². The van der Waals surface area contributed by atoms with Crippen LogP contribution in [0.15, 0.2) is 53.5 Å². The van der Waals surface area contributed by atoms with Crippen LogP contribution in [-0.4, -0.2) is 28.8 Å². The van der Waals surface area contributed by atoms with Gasteiger partial charge in [0.05, 0.1) is 23.3 Å². The number of carbonyl (C=O) groups excluding carboxylic acids is 1. The van der Waals surface area contributed by atoms with Crippen LogP contribution in [0.3, 0.4) is 0 Å². The molecule has 0 saturated carbocycles. The number of nitro benzene ring substituents is 1. The number of methoxy groups -OCH3 is 1. The number of aromatic nitrogens is 1. The average Bonchev–Trinajstić information content (AvgIpc) is 2.99. The van der Waals surface area contributed by atoms with Crippen LogP contribution in [-0.2, 0) is 4.74 Å². The molecular formula is C22H21N3O4. The molecule has 0 fully saturated rings. The van der Waals surface area contributed by atoms with Crippen molar-refractivity contribution in [2.45, 2.75) is 20.8 Å². The summed E-state index contributed by atoms with van der Waals surface area (Å²) >= 11 is 0. The summed E-state index contributed by atoms with van der Waals surface area (Å²) in [4.78, 5) is 26.6. The fourth-order valence-electron chi connectivity index (χ4n) is 3.27. The van der Waals surface area contributed by atoms with Crippen molar-refractivity contribution in [3.05, 3.63) is 86.7 Å². The maximum Gasteiger partial charge on any atom is 0.337 e. The minimum Gasteiger partial charge on any atom is -0.465 e. The van der Waals surface area contributed by atoms with Crippen LogP contribution < -0.4 is 0 Å². The summed E-state index contributed by atoms with van der Waals surface area (Å²) in [5.41, 5.74) is 5.82. The van der Waals surface area contributed by atoms with Crippen LogP contribution in [0.1, 0.15) is 32.9 Å². The van der Waals surface area contributed by atoms with E-state index in [0.717, 1.165) is 28.2 Å². The number of nitrogens with zero attached hydrogens (tertiary/aromatic N) is 3. The minimum absolute atomic E-state index is 0.00597. The molecule has 0 saturated heterocycles. The van der Waals surface area contributed by atoms with E-state index in [9.17, 15) is 14.9 Å². The maximum atomic E-state index is 11.7. The molecular weight excluding hydrogens is 370 g/mol. The lowest BCUT2D eigenvalue weighted by molar-refractivity contribution is -0.384. The molecule has 1 heterocycles. The zero-order valence-electron chi connectivity index (χ0n) is 16.7. The first-order chi connectivity index (χ1) is 13.8. The molecule has 0 aliphatic carbocycles. The van der Waals surface area contributed by atoms with E-state index in [1.807, 2.05) is 32.9 Å². The molecule has 29 heavy (non-hydrogen) atoms. The first-order valence-corrected chi connectivity index (χ1v) is 8.98. The van der Waals surface area contributed by atoms with Crippen molar-refractivity contribution in [1.82, 2.24) is 4.57 Å². The summed E-state index contributed by atoms with van der Waals surface area (Å²) in [7, 11) is 1.36. The van der Waals surface area contributed by atoms with Gasteiger partial charge in [-0.2, -0.15) is 0 Å². The van der Waals surface area contributed by atoms with E-state index in [0.29, 0.717) is 11.3 Å². The zero-order valence-corrected chi connectivity index (χ0v) is 16.7. The molecule has 0 spiro atoms. The van der Waals surface area contributed by atoms with Crippen molar-refractivity contribution in [3.8, 4) is 5.69 Å². The van der Waals surface area contributed by atoms with Crippen LogP contribution >= 0.6 is 0 Å². The van der Waals surface area contributed by atoms with Gasteiger partial charge in [0.2, 0.25) is 0 Å². The van der Waals surface area contributed by atoms with E-state index in [1.54, 1.807) is 30.5 Å². The lowest BCUT2D eigenvalue weighted by atomic mass is 10.1. The highest BCUT2D eigenvalue weighted by molar-refractivity contribution is 5.90. The van der Waals surface area contributed by atoms with Gasteiger partial charge in [-0.3, -0.25) is 15.1 Å². The molecule has 1 aromatic heterocycles. The summed E-state index contributed by atoms with van der Waals surface area (Å²) in [5.74, 6) is -0.370. The smallest absolute Gasteiger partial charge is 0.337 e. The van der Waals surface area contributed by atoms with E-state index >= 15 is 0 Å². The largest absolute Gasteiger partial charge is 0.465 e. The molecule has 7 heteroatoms. The van der Waals surface area contributed by atoms with Gasteiger partial charge < -0.3 is 9.30 Å². The van der Waals surface area contributed by atoms with Gasteiger partial charge in [-0.15, -0.1) is 0 Å². The molecule has 3 rings (SSSR count). The Bertz CT molecular complexity index is 1130. The Morgan fingerprint density at radius 3 is 2.55 bits per heavy atom. The second-order valence-corrected chi connectivity index (χ2v) is 6.69. The molecule has 0 atom stereocenters. The van der Waals surface area contributed by atoms with Crippen LogP contribution in [0.2, 0.25) is 0 Å². The highest BCUT2D eigenvalue weighted by Gasteiger charge is 2.14. The molecule has 0 radical (unpaired) electrons. The number of aliphatic imine (C=N–C) groups is 1. The fraction of sp³-hybridized carbons (Fsp3) is 0.182. The molecule has 0 bridgehead atoms. The normalized spacial score (nSPS) is 11.0. The Balaban J connectivity index is 1.96. The second kappa shape index (κ2) is 8.10. The van der Waals surface area contributed by atoms with Crippen LogP contribution in [0.5, 0.6) is 0 Å². The molecule has 0 amide bonds. The topological polar surface area (TPSA) is 86.7 Å². The van der Waals surface area contributed by atoms with Crippen molar-refractivity contribution in [2.75, 3.05) is 7.11 Å². The lowest BCUT2D eigenvalue weighted by Crippen LogP contribution is -2.06. The lowest BCUT2D eigenvalue weighted by Gasteiger charge is -2.13. The average molecular weight is 391 g/mol. The van der Waals surface area contributed by atoms with Gasteiger partial charge in [-0.25, -0.2) is 4.79 Å². The summed E-state index contributed by atoms with van der Waals surface area (Å²) < 4.78 is 6.87. The van der Waals surface area contributed by atoms with Gasteiger partial charge >= 0.3 is 5.97 Å². The summed E-state index contributed by atoms with van der Waals surface area (Å²) in [6.07, 6.45) is 1.70. The molecule has 3 aromatic rings. The predicted molar refractivity (Wildman–Crippen MR) is 112 cm³/mol. The Morgan fingerprint density at radius 1 is 1.14 bits per heavy atom. The number of hydrogen-bond acceptors (Lipinski definition) is 5. The molecule has 0 N–H and O–H groups in total. The SMILES string of the molecule is COC(=O)c1ccc(-n2c(C)cc(C=Nc3cccc([N+](=O)[O-])c3)c2C)c(C)c1. The third-order valence-corrected chi connectivity index (χ3v) is 4.72. The van der Waals surface area contributed by atoms with Crippen molar-refractivity contribution in [1.29, 1.82) is 0 Å². The van der Waals surface area contributed by atoms with Gasteiger partial charge in [0.15, 0.2) is 0 Å². The molecule has 7 nitrogen and oxygen atoms in total. The van der Waals surface area contributed by atoms with Crippen molar-refractivity contribution in [2.24, 2.45) is 4.99 Å². The van der Waals surface area contributed by atoms with Gasteiger partial charge in [0, 0.05) is 41.0 Å². The number of benzene rings is 2. The van der Waals surface area contributed by atoms with E-state index < -0.39 is 4.92 Å². The Kier molecular flexibility index (Phi) is 5.59. The van der Waals surface area contributed by atoms with Crippen molar-refractivity contribution >= 4 is 23.6 Å². The highest BCUT2D eigenvalue weighted by Crippen LogP contribution is 2.25. The van der Waals surface area contributed by atoms with E-state index in [2.05, 4.69) is 9.56 Å². The maximum absolute atomic E-state index is 11.7. The molecule has 148 valence electrons. The standard InChI is InChI=1S/C22H21N3O4/c1-14-10-17(22(26)29-4)8-9-21(14)24-15(2)11-18(16(24)3)13-23-19-6-5-7-20(12-19)25(27)28/h5-13H,1-4H3. The van der Waals surface area contributed by atoms with Gasteiger partial charge in [0.1, 0.15) is 0 Å². The molecule has 0 unspecified atom stereocenters. The molecule has 0 aliphatic rings. The number of aryl methyl sites for hydroxylation is 2. The van der Waals surface area contributed by atoms with E-state index in [1.165, 1.54) is 19.2 Å². The van der Waals surface area contributed by atoms with Crippen LogP contribution in [0.25, 0.3) is 5.69 Å². The summed E-state index contributed by atoms with van der Waals surface area (Å²) in [6, 6.07) is 13.6. The van der Waals surface area contributed by atoms with Gasteiger partial charge in [-0.1, -0.05) is 6.07 Å². The number of esters is 1. The number of nitro groups is 1. The monoisotopic (exact) mass is 391 g/mol. The summed E-state index contributed by atoms with van der Waals surface area (Å²) in [5, 5.41) is 10.9. The number of ether oxygens (including phenoxy) is 1. The van der Waals surface area contributed by atoms with Crippen molar-refractivity contribution < 1.29 is 14.5 Å². The number of rotatable bonds is 5. The first-order valence-electron chi connectivity index (χ1n) is 8.98. The second-order valence-electron chi connectivity index (χ2n) is 6.69. The first kappa shape index (κ1) is 20.0. The number of non-ortho nitro benzene ring substituents is 1. The Morgan fingerprint density at radius 2 is 1.90 bits per heavy atom. The third-order valence-electron chi connectivity index (χ3n) is 4.72. The quantitative estimate of drug-likeness (QED) is 0.269. The minimum atomic E-state index is -0.439. The number of carbonyl (C=O) groups is 1. The Hall–Kier alpha value is -3.74. The van der Waals surface area contributed by atoms with E-state index in [4.69, 9.17) is 4.74 Å². The molecule has 2 aromatic carbocycles. The van der Waals surface area contributed by atoms with Crippen molar-refractivity contribution in [3.63, 3.8) is 0 Å². The van der Waals surface area contributed by atoms with Crippen LogP contribution in [0.4, 0.5) is 11.4 Å². The fourth-order valence-corrected chi connectivity index (χ4v) is 3.27. The van der Waals surface area contributed by atoms with Gasteiger partial charge in [0.25, 0.3) is 5.69 Å². The number of hydrogen-bond donors (Lipinski definition) is 0. The Labute approximate surface area is 168 Å². The summed E-state index contributed by atoms with van der Waals surface area (Å²) in [6.45, 7) is 5.92. The van der Waals surface area contributed by atoms with E-state index in [-0.39, 0.29) is 11.7 Å². The predicted octanol–water partition coefficient (Wildman–Crippen LogP) is 4.85.